The first-order valence-electron chi connectivity index (χ1n) is 9.73. The Bertz CT molecular complexity index is 1220. The lowest BCUT2D eigenvalue weighted by molar-refractivity contribution is 0.838. The average molecular weight is 514 g/mol. The van der Waals surface area contributed by atoms with Gasteiger partial charge < -0.3 is 0 Å². The lowest BCUT2D eigenvalue weighted by Gasteiger charge is -2.18. The highest BCUT2D eigenvalue weighted by molar-refractivity contribution is 9.11. The molecule has 28 heavy (non-hydrogen) atoms. The van der Waals surface area contributed by atoms with E-state index in [0.29, 0.717) is 5.92 Å². The summed E-state index contributed by atoms with van der Waals surface area (Å²) in [5.74, 6) is 0.477. The van der Waals surface area contributed by atoms with Gasteiger partial charge in [-0.1, -0.05) is 45.3 Å². The monoisotopic (exact) mass is 512 g/mol. The van der Waals surface area contributed by atoms with Crippen LogP contribution in [0.15, 0.2) is 44.4 Å². The summed E-state index contributed by atoms with van der Waals surface area (Å²) in [7, 11) is 0. The maximum absolute atomic E-state index is 3.97. The highest BCUT2D eigenvalue weighted by atomic mass is 79.9. The van der Waals surface area contributed by atoms with E-state index in [-0.39, 0.29) is 0 Å². The largest absolute Gasteiger partial charge is 0.140 e. The van der Waals surface area contributed by atoms with E-state index in [1.807, 2.05) is 11.3 Å². The van der Waals surface area contributed by atoms with Crippen molar-refractivity contribution < 1.29 is 0 Å². The lowest BCUT2D eigenvalue weighted by Crippen LogP contribution is -2.00. The van der Waals surface area contributed by atoms with Crippen LogP contribution in [0.3, 0.4) is 0 Å². The molecular formula is C25H22Br2S. The maximum Gasteiger partial charge on any atom is 0.0365 e. The van der Waals surface area contributed by atoms with Gasteiger partial charge in [0.25, 0.3) is 0 Å². The SMILES string of the molecule is CC1=Cc2c(Br)cccc2C1CC1=C(C)Cc2c1cc1sc(C)c(C)c1c2Br. The van der Waals surface area contributed by atoms with Gasteiger partial charge in [0.05, 0.1) is 0 Å². The van der Waals surface area contributed by atoms with Crippen molar-refractivity contribution in [1.82, 2.24) is 0 Å². The Labute approximate surface area is 187 Å². The van der Waals surface area contributed by atoms with Gasteiger partial charge in [-0.25, -0.2) is 0 Å². The third-order valence-electron chi connectivity index (χ3n) is 6.57. The molecule has 3 aromatic rings. The molecule has 0 aliphatic heterocycles. The van der Waals surface area contributed by atoms with Gasteiger partial charge in [-0.3, -0.25) is 0 Å². The topological polar surface area (TPSA) is 0 Å². The highest BCUT2D eigenvalue weighted by Gasteiger charge is 2.30. The molecule has 1 aromatic heterocycles. The van der Waals surface area contributed by atoms with Crippen LogP contribution in [0.4, 0.5) is 0 Å². The van der Waals surface area contributed by atoms with Crippen LogP contribution in [0.2, 0.25) is 0 Å². The number of hydrogen-bond donors (Lipinski definition) is 0. The molecule has 0 amide bonds. The molecule has 0 spiro atoms. The van der Waals surface area contributed by atoms with Crippen LogP contribution in [0.5, 0.6) is 0 Å². The van der Waals surface area contributed by atoms with Crippen LogP contribution in [0, 0.1) is 13.8 Å². The zero-order valence-electron chi connectivity index (χ0n) is 16.5. The number of benzene rings is 2. The lowest BCUT2D eigenvalue weighted by atomic mass is 9.87. The molecular weight excluding hydrogens is 492 g/mol. The van der Waals surface area contributed by atoms with E-state index in [9.17, 15) is 0 Å². The zero-order valence-corrected chi connectivity index (χ0v) is 20.5. The van der Waals surface area contributed by atoms with Crippen molar-refractivity contribution in [2.24, 2.45) is 0 Å². The van der Waals surface area contributed by atoms with Gasteiger partial charge >= 0.3 is 0 Å². The zero-order chi connectivity index (χ0) is 19.7. The highest BCUT2D eigenvalue weighted by Crippen LogP contribution is 2.50. The van der Waals surface area contributed by atoms with Gasteiger partial charge in [-0.2, -0.15) is 0 Å². The predicted molar refractivity (Wildman–Crippen MR) is 130 cm³/mol. The predicted octanol–water partition coefficient (Wildman–Crippen LogP) is 8.96. The summed E-state index contributed by atoms with van der Waals surface area (Å²) in [5, 5.41) is 1.42. The van der Waals surface area contributed by atoms with E-state index >= 15 is 0 Å². The Kier molecular flexibility index (Phi) is 4.50. The Hall–Kier alpha value is -1.16. The molecule has 1 heterocycles. The van der Waals surface area contributed by atoms with Gasteiger partial charge in [-0.15, -0.1) is 11.3 Å². The number of fused-ring (bicyclic) bond motifs is 3. The standard InChI is InChI=1S/C25H22Br2S/c1-12-8-20-16(6-5-7-22(20)26)17(12)10-18-13(2)9-21-19(18)11-23-24(25(21)27)14(3)15(4)28-23/h5-8,11,17H,9-10H2,1-4H3. The average Bonchev–Trinajstić information content (AvgIpc) is 3.24. The van der Waals surface area contributed by atoms with Crippen molar-refractivity contribution >= 4 is 64.9 Å². The Morgan fingerprint density at radius 3 is 2.68 bits per heavy atom. The first kappa shape index (κ1) is 18.8. The van der Waals surface area contributed by atoms with Gasteiger partial charge in [0, 0.05) is 29.8 Å². The van der Waals surface area contributed by atoms with Gasteiger partial charge in [0.15, 0.2) is 0 Å². The van der Waals surface area contributed by atoms with Crippen LogP contribution in [-0.2, 0) is 6.42 Å². The molecule has 0 saturated carbocycles. The summed E-state index contributed by atoms with van der Waals surface area (Å²) in [6, 6.07) is 9.08. The van der Waals surface area contributed by atoms with Crippen molar-refractivity contribution in [3.8, 4) is 0 Å². The first-order chi connectivity index (χ1) is 13.4. The van der Waals surface area contributed by atoms with Crippen molar-refractivity contribution in [3.63, 3.8) is 0 Å². The van der Waals surface area contributed by atoms with Gasteiger partial charge in [0.1, 0.15) is 0 Å². The molecule has 3 heteroatoms. The molecule has 1 atom stereocenters. The fraction of sp³-hybridized carbons (Fsp3) is 0.280. The van der Waals surface area contributed by atoms with Crippen LogP contribution < -0.4 is 0 Å². The first-order valence-corrected chi connectivity index (χ1v) is 12.1. The van der Waals surface area contributed by atoms with Crippen LogP contribution in [0.1, 0.15) is 58.9 Å². The fourth-order valence-corrected chi connectivity index (χ4v) is 7.51. The Balaban J connectivity index is 1.61. The number of thiophene rings is 1. The molecule has 2 aromatic carbocycles. The second-order valence-corrected chi connectivity index (χ2v) is 11.1. The minimum Gasteiger partial charge on any atom is -0.140 e. The molecule has 0 bridgehead atoms. The number of hydrogen-bond acceptors (Lipinski definition) is 1. The number of aryl methyl sites for hydroxylation is 2. The van der Waals surface area contributed by atoms with Crippen LogP contribution in [0.25, 0.3) is 21.7 Å². The minimum atomic E-state index is 0.477. The second kappa shape index (κ2) is 6.68. The summed E-state index contributed by atoms with van der Waals surface area (Å²) in [6.45, 7) is 9.10. The van der Waals surface area contributed by atoms with Crippen LogP contribution in [-0.4, -0.2) is 0 Å². The summed E-state index contributed by atoms with van der Waals surface area (Å²) in [4.78, 5) is 1.43. The third-order valence-corrected chi connectivity index (χ3v) is 9.29. The number of halogens is 2. The van der Waals surface area contributed by atoms with E-state index in [0.717, 1.165) is 12.8 Å². The van der Waals surface area contributed by atoms with E-state index in [1.165, 1.54) is 62.9 Å². The summed E-state index contributed by atoms with van der Waals surface area (Å²) in [5.41, 5.74) is 11.7. The molecule has 5 rings (SSSR count). The van der Waals surface area contributed by atoms with Gasteiger partial charge in [-0.05, 0) is 102 Å². The second-order valence-electron chi connectivity index (χ2n) is 8.20. The summed E-state index contributed by atoms with van der Waals surface area (Å²) >= 11 is 9.64. The van der Waals surface area contributed by atoms with E-state index < -0.39 is 0 Å². The quantitative estimate of drug-likeness (QED) is 0.320. The molecule has 0 fully saturated rings. The summed E-state index contributed by atoms with van der Waals surface area (Å²) in [6.07, 6.45) is 4.52. The molecule has 142 valence electrons. The Morgan fingerprint density at radius 1 is 1.11 bits per heavy atom. The molecule has 0 saturated heterocycles. The normalized spacial score (nSPS) is 18.1. The molecule has 2 aliphatic rings. The molecule has 0 radical (unpaired) electrons. The van der Waals surface area contributed by atoms with E-state index in [4.69, 9.17) is 0 Å². The summed E-state index contributed by atoms with van der Waals surface area (Å²) < 4.78 is 3.94. The third kappa shape index (κ3) is 2.66. The maximum atomic E-state index is 3.97. The van der Waals surface area contributed by atoms with Crippen molar-refractivity contribution in [2.45, 2.75) is 46.5 Å². The van der Waals surface area contributed by atoms with Crippen molar-refractivity contribution in [2.75, 3.05) is 0 Å². The van der Waals surface area contributed by atoms with Gasteiger partial charge in [0.2, 0.25) is 0 Å². The smallest absolute Gasteiger partial charge is 0.0365 e. The molecule has 0 N–H and O–H groups in total. The minimum absolute atomic E-state index is 0.477. The number of rotatable bonds is 2. The Morgan fingerprint density at radius 2 is 1.89 bits per heavy atom. The molecule has 2 aliphatic carbocycles. The van der Waals surface area contributed by atoms with E-state index in [2.05, 4.69) is 89.9 Å². The van der Waals surface area contributed by atoms with Crippen molar-refractivity contribution in [3.05, 3.63) is 77.1 Å². The van der Waals surface area contributed by atoms with E-state index in [1.54, 1.807) is 5.57 Å². The molecule has 1 unspecified atom stereocenters. The number of allylic oxidation sites excluding steroid dienone is 3. The molecule has 0 nitrogen and oxygen atoms in total. The van der Waals surface area contributed by atoms with Crippen molar-refractivity contribution in [1.29, 1.82) is 0 Å². The fourth-order valence-electron chi connectivity index (χ4n) is 4.90. The van der Waals surface area contributed by atoms with Crippen LogP contribution >= 0.6 is 43.2 Å².